The average molecular weight is 514 g/mol. The summed E-state index contributed by atoms with van der Waals surface area (Å²) in [6.45, 7) is 1.85. The molecule has 0 atom stereocenters. The lowest BCUT2D eigenvalue weighted by Gasteiger charge is -2.23. The Hall–Kier alpha value is -4.43. The molecule has 0 saturated heterocycles. The molecule has 0 spiro atoms. The maximum Gasteiger partial charge on any atom is 0.264 e. The van der Waals surface area contributed by atoms with E-state index in [1.54, 1.807) is 42.5 Å². The van der Waals surface area contributed by atoms with E-state index in [0.29, 0.717) is 23.6 Å². The number of aryl methyl sites for hydroxylation is 1. The van der Waals surface area contributed by atoms with Crippen LogP contribution in [-0.4, -0.2) is 27.1 Å². The van der Waals surface area contributed by atoms with Crippen LogP contribution in [0.4, 0.5) is 5.69 Å². The molecule has 0 radical (unpaired) electrons. The Balaban J connectivity index is 1.47. The number of sulfonamides is 1. The quantitative estimate of drug-likeness (QED) is 0.241. The summed E-state index contributed by atoms with van der Waals surface area (Å²) in [6, 6.07) is 32.0. The Labute approximate surface area is 217 Å². The number of hydrazone groups is 1. The fourth-order valence-electron chi connectivity index (χ4n) is 3.54. The van der Waals surface area contributed by atoms with Gasteiger partial charge in [-0.3, -0.25) is 9.10 Å². The first kappa shape index (κ1) is 25.7. The minimum Gasteiger partial charge on any atom is -0.488 e. The fourth-order valence-corrected chi connectivity index (χ4v) is 4.98. The molecule has 1 amide bonds. The summed E-state index contributed by atoms with van der Waals surface area (Å²) in [6.07, 6.45) is 1.47. The number of para-hydroxylation sites is 1. The van der Waals surface area contributed by atoms with Gasteiger partial charge in [0.05, 0.1) is 16.8 Å². The molecule has 37 heavy (non-hydrogen) atoms. The van der Waals surface area contributed by atoms with Crippen LogP contribution < -0.4 is 14.5 Å². The Morgan fingerprint density at radius 1 is 0.865 bits per heavy atom. The number of carbonyl (C=O) groups excluding carboxylic acids is 1. The van der Waals surface area contributed by atoms with Crippen molar-refractivity contribution in [2.45, 2.75) is 18.4 Å². The lowest BCUT2D eigenvalue weighted by Crippen LogP contribution is -2.39. The largest absolute Gasteiger partial charge is 0.488 e. The van der Waals surface area contributed by atoms with Crippen LogP contribution in [0, 0.1) is 6.92 Å². The Morgan fingerprint density at radius 3 is 2.19 bits per heavy atom. The summed E-state index contributed by atoms with van der Waals surface area (Å²) in [4.78, 5) is 12.9. The number of rotatable bonds is 10. The topological polar surface area (TPSA) is 88.1 Å². The molecule has 8 heteroatoms. The molecule has 7 nitrogen and oxygen atoms in total. The summed E-state index contributed by atoms with van der Waals surface area (Å²) >= 11 is 0. The minimum atomic E-state index is -3.98. The number of amides is 1. The van der Waals surface area contributed by atoms with Crippen LogP contribution in [0.3, 0.4) is 0 Å². The molecular weight excluding hydrogens is 486 g/mol. The second-order valence-electron chi connectivity index (χ2n) is 8.27. The van der Waals surface area contributed by atoms with E-state index >= 15 is 0 Å². The number of hydrogen-bond acceptors (Lipinski definition) is 5. The monoisotopic (exact) mass is 513 g/mol. The molecule has 0 aliphatic carbocycles. The van der Waals surface area contributed by atoms with Gasteiger partial charge in [-0.1, -0.05) is 78.4 Å². The van der Waals surface area contributed by atoms with E-state index in [1.165, 1.54) is 18.3 Å². The summed E-state index contributed by atoms with van der Waals surface area (Å²) in [7, 11) is -3.98. The molecule has 1 N–H and O–H groups in total. The molecule has 0 aliphatic heterocycles. The van der Waals surface area contributed by atoms with E-state index in [0.717, 1.165) is 15.4 Å². The smallest absolute Gasteiger partial charge is 0.264 e. The third-order valence-corrected chi connectivity index (χ3v) is 7.28. The van der Waals surface area contributed by atoms with E-state index in [4.69, 9.17) is 4.74 Å². The van der Waals surface area contributed by atoms with E-state index in [9.17, 15) is 13.2 Å². The summed E-state index contributed by atoms with van der Waals surface area (Å²) in [5, 5.41) is 4.05. The van der Waals surface area contributed by atoms with Crippen molar-refractivity contribution in [1.82, 2.24) is 5.43 Å². The van der Waals surface area contributed by atoms with Crippen molar-refractivity contribution in [1.29, 1.82) is 0 Å². The molecule has 0 bridgehead atoms. The van der Waals surface area contributed by atoms with Crippen LogP contribution in [0.5, 0.6) is 5.75 Å². The molecule has 0 saturated carbocycles. The van der Waals surface area contributed by atoms with Gasteiger partial charge in [0.2, 0.25) is 0 Å². The third kappa shape index (κ3) is 6.83. The first-order chi connectivity index (χ1) is 17.9. The van der Waals surface area contributed by atoms with E-state index in [1.807, 2.05) is 61.5 Å². The highest BCUT2D eigenvalue weighted by atomic mass is 32.2. The average Bonchev–Trinajstić information content (AvgIpc) is 2.93. The SMILES string of the molecule is Cc1ccc(N(CC(=O)N/N=C\c2ccccc2OCc2ccccc2)S(=O)(=O)c2ccccc2)cc1. The molecular formula is C29H27N3O4S. The lowest BCUT2D eigenvalue weighted by atomic mass is 10.2. The maximum absolute atomic E-state index is 13.4. The van der Waals surface area contributed by atoms with Crippen LogP contribution in [0.25, 0.3) is 0 Å². The molecule has 188 valence electrons. The Morgan fingerprint density at radius 2 is 1.49 bits per heavy atom. The second-order valence-corrected chi connectivity index (χ2v) is 10.1. The number of nitrogens with one attached hydrogen (secondary N) is 1. The summed E-state index contributed by atoms with van der Waals surface area (Å²) in [5.74, 6) is 0.0244. The van der Waals surface area contributed by atoms with E-state index in [2.05, 4.69) is 10.5 Å². The zero-order valence-corrected chi connectivity index (χ0v) is 21.1. The van der Waals surface area contributed by atoms with E-state index in [-0.39, 0.29) is 4.90 Å². The minimum absolute atomic E-state index is 0.0939. The molecule has 0 aliphatic rings. The lowest BCUT2D eigenvalue weighted by molar-refractivity contribution is -0.119. The molecule has 0 aromatic heterocycles. The summed E-state index contributed by atoms with van der Waals surface area (Å²) < 4.78 is 33.7. The zero-order valence-electron chi connectivity index (χ0n) is 20.3. The molecule has 0 fully saturated rings. The van der Waals surface area contributed by atoms with Crippen LogP contribution in [-0.2, 0) is 21.4 Å². The maximum atomic E-state index is 13.4. The molecule has 0 heterocycles. The third-order valence-electron chi connectivity index (χ3n) is 5.49. The number of benzene rings is 4. The van der Waals surface area contributed by atoms with Crippen molar-refractivity contribution in [3.05, 3.63) is 126 Å². The molecule has 4 aromatic rings. The van der Waals surface area contributed by atoms with Gasteiger partial charge in [-0.15, -0.1) is 0 Å². The highest BCUT2D eigenvalue weighted by Crippen LogP contribution is 2.24. The normalized spacial score (nSPS) is 11.3. The van der Waals surface area contributed by atoms with Gasteiger partial charge in [0, 0.05) is 5.56 Å². The number of hydrogen-bond donors (Lipinski definition) is 1. The fraction of sp³-hybridized carbons (Fsp3) is 0.103. The van der Waals surface area contributed by atoms with Crippen molar-refractivity contribution in [2.75, 3.05) is 10.8 Å². The first-order valence-corrected chi connectivity index (χ1v) is 13.1. The number of nitrogens with zero attached hydrogens (tertiary/aromatic N) is 2. The predicted molar refractivity (Wildman–Crippen MR) is 145 cm³/mol. The van der Waals surface area contributed by atoms with Gasteiger partial charge >= 0.3 is 0 Å². The van der Waals surface area contributed by atoms with Crippen LogP contribution in [0.1, 0.15) is 16.7 Å². The van der Waals surface area contributed by atoms with Gasteiger partial charge in [0.1, 0.15) is 18.9 Å². The van der Waals surface area contributed by atoms with Gasteiger partial charge in [0.15, 0.2) is 0 Å². The van der Waals surface area contributed by atoms with Gasteiger partial charge in [-0.2, -0.15) is 5.10 Å². The highest BCUT2D eigenvalue weighted by Gasteiger charge is 2.27. The van der Waals surface area contributed by atoms with Gasteiger partial charge in [-0.25, -0.2) is 13.8 Å². The molecule has 4 rings (SSSR count). The number of anilines is 1. The zero-order chi connectivity index (χ0) is 26.1. The highest BCUT2D eigenvalue weighted by molar-refractivity contribution is 7.92. The molecule has 0 unspecified atom stereocenters. The van der Waals surface area contributed by atoms with Crippen molar-refractivity contribution in [3.8, 4) is 5.75 Å². The van der Waals surface area contributed by atoms with Crippen molar-refractivity contribution in [3.63, 3.8) is 0 Å². The van der Waals surface area contributed by atoms with Crippen molar-refractivity contribution >= 4 is 27.8 Å². The molecule has 4 aromatic carbocycles. The van der Waals surface area contributed by atoms with Crippen molar-refractivity contribution < 1.29 is 17.9 Å². The van der Waals surface area contributed by atoms with E-state index < -0.39 is 22.5 Å². The van der Waals surface area contributed by atoms with Gasteiger partial charge < -0.3 is 4.74 Å². The number of carbonyl (C=O) groups is 1. The first-order valence-electron chi connectivity index (χ1n) is 11.7. The van der Waals surface area contributed by atoms with Gasteiger partial charge in [0.25, 0.3) is 15.9 Å². The predicted octanol–water partition coefficient (Wildman–Crippen LogP) is 4.92. The van der Waals surface area contributed by atoms with Crippen LogP contribution >= 0.6 is 0 Å². The van der Waals surface area contributed by atoms with Gasteiger partial charge in [-0.05, 0) is 48.9 Å². The Bertz CT molecular complexity index is 1460. The van der Waals surface area contributed by atoms with Crippen LogP contribution in [0.15, 0.2) is 119 Å². The Kier molecular flexibility index (Phi) is 8.33. The second kappa shape index (κ2) is 12.0. The standard InChI is InChI=1S/C29H27N3O4S/c1-23-16-18-26(19-17-23)32(37(34,35)27-13-6-3-7-14-27)21-29(33)31-30-20-25-12-8-9-15-28(25)36-22-24-10-4-2-5-11-24/h2-20H,21-22H2,1H3,(H,31,33)/b30-20-. The summed E-state index contributed by atoms with van der Waals surface area (Å²) in [5.41, 5.74) is 5.49. The number of ether oxygens (including phenoxy) is 1. The van der Waals surface area contributed by atoms with Crippen LogP contribution in [0.2, 0.25) is 0 Å². The van der Waals surface area contributed by atoms with Crippen molar-refractivity contribution in [2.24, 2.45) is 5.10 Å².